The van der Waals surface area contributed by atoms with Gasteiger partial charge in [0.1, 0.15) is 17.5 Å². The maximum absolute atomic E-state index is 15.3. The summed E-state index contributed by atoms with van der Waals surface area (Å²) in [5, 5.41) is 15.5. The molecule has 0 bridgehead atoms. The normalized spacial score (nSPS) is 13.7. The highest BCUT2D eigenvalue weighted by Crippen LogP contribution is 2.37. The van der Waals surface area contributed by atoms with Gasteiger partial charge in [0.05, 0.1) is 16.7 Å². The number of hydrogen-bond donors (Lipinski definition) is 1. The van der Waals surface area contributed by atoms with E-state index in [0.717, 1.165) is 12.1 Å². The van der Waals surface area contributed by atoms with Gasteiger partial charge in [0, 0.05) is 48.4 Å². The Hall–Kier alpha value is -3.65. The molecule has 0 unspecified atom stereocenters. The average Bonchev–Trinajstić information content (AvgIpc) is 3.29. The second-order valence-corrected chi connectivity index (χ2v) is 9.14. The maximum atomic E-state index is 15.3. The largest absolute Gasteiger partial charge is 0.386 e. The Bertz CT molecular complexity index is 1470. The summed E-state index contributed by atoms with van der Waals surface area (Å²) in [5.41, 5.74) is 0.882. The van der Waals surface area contributed by atoms with Gasteiger partial charge in [-0.3, -0.25) is 9.48 Å². The molecule has 0 fully saturated rings. The Labute approximate surface area is 194 Å². The summed E-state index contributed by atoms with van der Waals surface area (Å²) < 4.78 is 46.0. The molecular weight excluding hydrogens is 443 g/mol. The summed E-state index contributed by atoms with van der Waals surface area (Å²) in [5.74, 6) is -2.50. The third kappa shape index (κ3) is 3.54. The van der Waals surface area contributed by atoms with Crippen LogP contribution < -0.4 is 0 Å². The molecule has 1 aromatic heterocycles. The lowest BCUT2D eigenvalue weighted by molar-refractivity contribution is 0.0760. The van der Waals surface area contributed by atoms with Crippen molar-refractivity contribution in [3.63, 3.8) is 0 Å². The molecule has 5 nitrogen and oxygen atoms in total. The van der Waals surface area contributed by atoms with E-state index < -0.39 is 29.0 Å². The number of hydrogen-bond acceptors (Lipinski definition) is 3. The third-order valence-electron chi connectivity index (χ3n) is 6.20. The van der Waals surface area contributed by atoms with Crippen LogP contribution in [0.1, 0.15) is 40.9 Å². The number of carbonyl (C=O) groups is 1. The second-order valence-electron chi connectivity index (χ2n) is 9.14. The molecule has 34 heavy (non-hydrogen) atoms. The van der Waals surface area contributed by atoms with Gasteiger partial charge in [-0.2, -0.15) is 5.10 Å². The molecule has 3 aromatic carbocycles. The van der Waals surface area contributed by atoms with Gasteiger partial charge < -0.3 is 10.0 Å². The third-order valence-corrected chi connectivity index (χ3v) is 6.20. The highest BCUT2D eigenvalue weighted by molar-refractivity contribution is 5.99. The van der Waals surface area contributed by atoms with Gasteiger partial charge in [-0.25, -0.2) is 13.2 Å². The van der Waals surface area contributed by atoms with E-state index in [1.807, 2.05) is 0 Å². The minimum Gasteiger partial charge on any atom is -0.386 e. The smallest absolute Gasteiger partial charge is 0.257 e. The van der Waals surface area contributed by atoms with Crippen LogP contribution in [0.5, 0.6) is 0 Å². The van der Waals surface area contributed by atoms with E-state index in [9.17, 15) is 14.3 Å². The van der Waals surface area contributed by atoms with Crippen molar-refractivity contribution < 1.29 is 23.1 Å². The van der Waals surface area contributed by atoms with Crippen LogP contribution in [0.3, 0.4) is 0 Å². The van der Waals surface area contributed by atoms with Gasteiger partial charge in [0.15, 0.2) is 0 Å². The fraction of sp³-hybridized carbons (Fsp3) is 0.231. The molecule has 0 atom stereocenters. The zero-order valence-electron chi connectivity index (χ0n) is 18.9. The van der Waals surface area contributed by atoms with Crippen LogP contribution in [0.15, 0.2) is 48.7 Å². The Morgan fingerprint density at radius 1 is 1.03 bits per heavy atom. The topological polar surface area (TPSA) is 58.4 Å². The zero-order chi connectivity index (χ0) is 24.4. The van der Waals surface area contributed by atoms with Crippen molar-refractivity contribution in [2.75, 3.05) is 0 Å². The molecule has 5 rings (SSSR count). The predicted octanol–water partition coefficient (Wildman–Crippen LogP) is 5.04. The molecule has 1 aliphatic heterocycles. The van der Waals surface area contributed by atoms with Crippen molar-refractivity contribution in [2.45, 2.75) is 32.5 Å². The number of halogens is 3. The minimum atomic E-state index is -1.17. The molecule has 1 N–H and O–H groups in total. The molecule has 1 aliphatic rings. The lowest BCUT2D eigenvalue weighted by Crippen LogP contribution is -2.24. The first-order valence-electron chi connectivity index (χ1n) is 10.8. The Morgan fingerprint density at radius 2 is 1.79 bits per heavy atom. The van der Waals surface area contributed by atoms with Crippen molar-refractivity contribution in [2.24, 2.45) is 7.05 Å². The Balaban J connectivity index is 1.52. The van der Waals surface area contributed by atoms with Crippen molar-refractivity contribution in [3.05, 3.63) is 88.4 Å². The van der Waals surface area contributed by atoms with Crippen LogP contribution in [0, 0.1) is 17.5 Å². The summed E-state index contributed by atoms with van der Waals surface area (Å²) in [4.78, 5) is 13.9. The number of aryl methyl sites for hydroxylation is 1. The molecule has 0 saturated heterocycles. The Morgan fingerprint density at radius 3 is 2.50 bits per heavy atom. The van der Waals surface area contributed by atoms with Crippen molar-refractivity contribution in [3.8, 4) is 11.1 Å². The van der Waals surface area contributed by atoms with Crippen molar-refractivity contribution in [1.82, 2.24) is 14.7 Å². The lowest BCUT2D eigenvalue weighted by atomic mass is 9.91. The molecular formula is C26H22F3N3O2. The number of amides is 1. The first-order chi connectivity index (χ1) is 16.0. The van der Waals surface area contributed by atoms with E-state index in [-0.39, 0.29) is 29.8 Å². The molecule has 0 spiro atoms. The fourth-order valence-electron chi connectivity index (χ4n) is 4.57. The van der Waals surface area contributed by atoms with E-state index in [4.69, 9.17) is 0 Å². The first-order valence-corrected chi connectivity index (χ1v) is 10.8. The Kier molecular flexibility index (Phi) is 5.02. The number of fused-ring (bicyclic) bond motifs is 2. The molecule has 0 radical (unpaired) electrons. The van der Waals surface area contributed by atoms with Gasteiger partial charge in [-0.05, 0) is 43.2 Å². The zero-order valence-corrected chi connectivity index (χ0v) is 18.9. The molecule has 174 valence electrons. The van der Waals surface area contributed by atoms with Crippen LogP contribution in [-0.4, -0.2) is 25.7 Å². The number of aromatic nitrogens is 2. The van der Waals surface area contributed by atoms with Crippen molar-refractivity contribution >= 4 is 16.8 Å². The monoisotopic (exact) mass is 465 g/mol. The van der Waals surface area contributed by atoms with E-state index in [1.54, 1.807) is 50.0 Å². The summed E-state index contributed by atoms with van der Waals surface area (Å²) in [6.45, 7) is 3.21. The van der Waals surface area contributed by atoms with Crippen LogP contribution in [0.25, 0.3) is 22.0 Å². The first kappa shape index (κ1) is 22.2. The van der Waals surface area contributed by atoms with E-state index in [1.165, 1.54) is 17.0 Å². The average molecular weight is 465 g/mol. The fourth-order valence-corrected chi connectivity index (χ4v) is 4.57. The van der Waals surface area contributed by atoms with Gasteiger partial charge >= 0.3 is 0 Å². The summed E-state index contributed by atoms with van der Waals surface area (Å²) in [6, 6.07) is 9.84. The number of nitrogens with zero attached hydrogens (tertiary/aromatic N) is 3. The second kappa shape index (κ2) is 7.70. The van der Waals surface area contributed by atoms with Gasteiger partial charge in [-0.15, -0.1) is 0 Å². The summed E-state index contributed by atoms with van der Waals surface area (Å²) in [6.07, 6.45) is 1.69. The lowest BCUT2D eigenvalue weighted by Gasteiger charge is -2.20. The molecule has 0 saturated carbocycles. The molecule has 4 aromatic rings. The number of carbonyl (C=O) groups excluding carboxylic acids is 1. The highest BCUT2D eigenvalue weighted by atomic mass is 19.1. The quantitative estimate of drug-likeness (QED) is 0.459. The molecule has 0 aliphatic carbocycles. The summed E-state index contributed by atoms with van der Waals surface area (Å²) in [7, 11) is 1.71. The van der Waals surface area contributed by atoms with Crippen LogP contribution in [-0.2, 0) is 25.7 Å². The standard InChI is InChI=1S/C26H22F3N3O2/c1-26(2,34)19-8-7-16(18-13-31(3)30-24(18)19)17-10-21(28)15(9-22(17)29)12-32-11-14-5-4-6-20(27)23(14)25(32)33/h4-10,13,34H,11-12H2,1-3H3. The van der Waals surface area contributed by atoms with Crippen molar-refractivity contribution in [1.29, 1.82) is 0 Å². The van der Waals surface area contributed by atoms with Crippen LogP contribution in [0.4, 0.5) is 13.2 Å². The highest BCUT2D eigenvalue weighted by Gasteiger charge is 2.31. The van der Waals surface area contributed by atoms with Gasteiger partial charge in [0.25, 0.3) is 5.91 Å². The predicted molar refractivity (Wildman–Crippen MR) is 121 cm³/mol. The van der Waals surface area contributed by atoms with Gasteiger partial charge in [0.2, 0.25) is 0 Å². The van der Waals surface area contributed by atoms with E-state index in [0.29, 0.717) is 27.6 Å². The van der Waals surface area contributed by atoms with Gasteiger partial charge in [-0.1, -0.05) is 24.3 Å². The number of benzene rings is 3. The van der Waals surface area contributed by atoms with Crippen LogP contribution >= 0.6 is 0 Å². The number of aliphatic hydroxyl groups is 1. The SMILES string of the molecule is Cn1cc2c(-c3cc(F)c(CN4Cc5cccc(F)c5C4=O)cc3F)ccc(C(C)(C)O)c2n1. The molecule has 8 heteroatoms. The van der Waals surface area contributed by atoms with Crippen LogP contribution in [0.2, 0.25) is 0 Å². The maximum Gasteiger partial charge on any atom is 0.257 e. The molecule has 1 amide bonds. The van der Waals surface area contributed by atoms with E-state index >= 15 is 8.78 Å². The summed E-state index contributed by atoms with van der Waals surface area (Å²) >= 11 is 0. The molecule has 2 heterocycles. The van der Waals surface area contributed by atoms with E-state index in [2.05, 4.69) is 5.10 Å². The number of rotatable bonds is 4. The minimum absolute atomic E-state index is 0.00152.